The van der Waals surface area contributed by atoms with Crippen LogP contribution in [0.1, 0.15) is 37.8 Å². The quantitative estimate of drug-likeness (QED) is 0.139. The lowest BCUT2D eigenvalue weighted by molar-refractivity contribution is -0.141. The molecule has 0 unspecified atom stereocenters. The molecule has 8 aromatic rings. The Morgan fingerprint density at radius 3 is 1.34 bits per heavy atom. The zero-order valence-corrected chi connectivity index (χ0v) is 26.5. The van der Waals surface area contributed by atoms with E-state index in [9.17, 15) is 4.79 Å². The average Bonchev–Trinajstić information content (AvgIpc) is 3.70. The van der Waals surface area contributed by atoms with Crippen molar-refractivity contribution in [2.75, 3.05) is 6.61 Å². The molecule has 0 bridgehead atoms. The van der Waals surface area contributed by atoms with Gasteiger partial charge in [-0.2, -0.15) is 0 Å². The van der Waals surface area contributed by atoms with Crippen LogP contribution in [0.3, 0.4) is 0 Å². The molecule has 47 heavy (non-hydrogen) atoms. The number of carbonyl (C=O) groups excluding carboxylic acids is 1. The molecule has 2 aromatic heterocycles. The number of carbonyl (C=O) groups is 1. The van der Waals surface area contributed by atoms with Gasteiger partial charge in [-0.1, -0.05) is 91.9 Å². The third-order valence-electron chi connectivity index (χ3n) is 10.3. The predicted molar refractivity (Wildman–Crippen MR) is 193 cm³/mol. The number of rotatable bonds is 6. The van der Waals surface area contributed by atoms with E-state index in [4.69, 9.17) is 4.74 Å². The third-order valence-corrected chi connectivity index (χ3v) is 10.3. The summed E-state index contributed by atoms with van der Waals surface area (Å²) in [6, 6.07) is 48.6. The number of hydrogen-bond donors (Lipinski definition) is 0. The number of esters is 1. The van der Waals surface area contributed by atoms with E-state index in [-0.39, 0.29) is 11.4 Å². The highest BCUT2D eigenvalue weighted by atomic mass is 16.5. The van der Waals surface area contributed by atoms with Crippen molar-refractivity contribution < 1.29 is 9.53 Å². The van der Waals surface area contributed by atoms with Gasteiger partial charge in [0, 0.05) is 45.3 Å². The summed E-state index contributed by atoms with van der Waals surface area (Å²) < 4.78 is 10.2. The molecule has 0 spiro atoms. The molecule has 2 heterocycles. The molecule has 228 valence electrons. The number of benzene rings is 6. The fraction of sp³-hybridized carbons (Fsp3) is 0.140. The summed E-state index contributed by atoms with van der Waals surface area (Å²) in [5.41, 5.74) is 12.0. The van der Waals surface area contributed by atoms with Gasteiger partial charge >= 0.3 is 5.97 Å². The third kappa shape index (κ3) is 4.11. The van der Waals surface area contributed by atoms with Gasteiger partial charge < -0.3 is 13.9 Å². The van der Waals surface area contributed by atoms with Crippen molar-refractivity contribution >= 4 is 49.6 Å². The predicted octanol–water partition coefficient (Wildman–Crippen LogP) is 10.5. The minimum atomic E-state index is -0.283. The molecule has 9 rings (SSSR count). The van der Waals surface area contributed by atoms with Crippen LogP contribution in [0, 0.1) is 0 Å². The maximum absolute atomic E-state index is 11.7. The van der Waals surface area contributed by atoms with Crippen LogP contribution in [0.5, 0.6) is 0 Å². The molecule has 4 heteroatoms. The van der Waals surface area contributed by atoms with Crippen molar-refractivity contribution in [3.8, 4) is 22.5 Å². The summed E-state index contributed by atoms with van der Waals surface area (Å²) in [5.74, 6) is -0.232. The smallest absolute Gasteiger partial charge is 0.302 e. The van der Waals surface area contributed by atoms with Gasteiger partial charge in [0.25, 0.3) is 0 Å². The molecule has 0 saturated heterocycles. The highest BCUT2D eigenvalue weighted by Gasteiger charge is 2.40. The first kappa shape index (κ1) is 27.7. The van der Waals surface area contributed by atoms with Crippen LogP contribution in [0.2, 0.25) is 0 Å². The Morgan fingerprint density at radius 1 is 0.574 bits per heavy atom. The summed E-state index contributed by atoms with van der Waals surface area (Å²) >= 11 is 0. The van der Waals surface area contributed by atoms with Crippen LogP contribution in [0.25, 0.3) is 66.1 Å². The van der Waals surface area contributed by atoms with Crippen molar-refractivity contribution in [2.24, 2.45) is 0 Å². The van der Waals surface area contributed by atoms with Crippen molar-refractivity contribution in [1.29, 1.82) is 0 Å². The minimum Gasteiger partial charge on any atom is -0.466 e. The van der Waals surface area contributed by atoms with Crippen LogP contribution >= 0.6 is 0 Å². The average molecular weight is 611 g/mol. The van der Waals surface area contributed by atoms with Gasteiger partial charge in [-0.3, -0.25) is 4.79 Å². The van der Waals surface area contributed by atoms with Crippen molar-refractivity contribution in [3.05, 3.63) is 145 Å². The first-order valence-corrected chi connectivity index (χ1v) is 16.4. The lowest BCUT2D eigenvalue weighted by Gasteiger charge is -2.28. The zero-order valence-electron chi connectivity index (χ0n) is 26.5. The van der Waals surface area contributed by atoms with Gasteiger partial charge in [0.1, 0.15) is 0 Å². The topological polar surface area (TPSA) is 36.2 Å². The monoisotopic (exact) mass is 610 g/mol. The number of para-hydroxylation sites is 4. The number of nitrogens with zero attached hydrogens (tertiary/aromatic N) is 2. The standard InChI is InChI=1S/C43H34N2O2/c1-28(46)47-25-11-24-43(2)37-26-29(44-39-16-7-3-12-33(39)34-13-4-8-17-40(34)44)20-22-31(37)32-23-21-30(27-38(32)43)45-41-18-9-5-14-35(41)36-15-6-10-19-42(36)45/h3-10,12-23,26-27H,11,24-25H2,1-2H3. The van der Waals surface area contributed by atoms with Gasteiger partial charge in [0.05, 0.1) is 28.7 Å². The lowest BCUT2D eigenvalue weighted by Crippen LogP contribution is -2.22. The Bertz CT molecular complexity index is 2260. The first-order chi connectivity index (χ1) is 23.0. The van der Waals surface area contributed by atoms with Gasteiger partial charge in [-0.15, -0.1) is 0 Å². The molecule has 0 radical (unpaired) electrons. The minimum absolute atomic E-state index is 0.232. The van der Waals surface area contributed by atoms with Crippen LogP contribution in [0.15, 0.2) is 133 Å². The summed E-state index contributed by atoms with van der Waals surface area (Å²) in [7, 11) is 0. The zero-order chi connectivity index (χ0) is 31.7. The Hall–Kier alpha value is -5.61. The molecule has 0 atom stereocenters. The summed E-state index contributed by atoms with van der Waals surface area (Å²) in [6.45, 7) is 4.27. The number of fused-ring (bicyclic) bond motifs is 9. The van der Waals surface area contributed by atoms with Gasteiger partial charge in [-0.25, -0.2) is 0 Å². The second-order valence-corrected chi connectivity index (χ2v) is 13.0. The Labute approximate surface area is 273 Å². The van der Waals surface area contributed by atoms with E-state index >= 15 is 0 Å². The molecule has 1 aliphatic carbocycles. The molecule has 0 aliphatic heterocycles. The van der Waals surface area contributed by atoms with E-state index in [1.165, 1.54) is 72.8 Å². The molecular weight excluding hydrogens is 576 g/mol. The second kappa shape index (κ2) is 10.5. The number of hydrogen-bond acceptors (Lipinski definition) is 2. The van der Waals surface area contributed by atoms with Crippen molar-refractivity contribution in [3.63, 3.8) is 0 Å². The van der Waals surface area contributed by atoms with E-state index in [0.717, 1.165) is 24.2 Å². The summed E-state index contributed by atoms with van der Waals surface area (Å²) in [5, 5.41) is 5.03. The fourth-order valence-corrected chi connectivity index (χ4v) is 8.18. The van der Waals surface area contributed by atoms with Crippen molar-refractivity contribution in [2.45, 2.75) is 32.1 Å². The van der Waals surface area contributed by atoms with Crippen LogP contribution < -0.4 is 0 Å². The SMILES string of the molecule is CC(=O)OCCCC1(C)c2cc(-n3c4ccccc4c4ccccc43)ccc2-c2ccc(-n3c4ccccc4c4ccccc43)cc21. The van der Waals surface area contributed by atoms with Crippen molar-refractivity contribution in [1.82, 2.24) is 9.13 Å². The molecule has 0 amide bonds. The number of ether oxygens (including phenoxy) is 1. The Balaban J connectivity index is 1.24. The largest absolute Gasteiger partial charge is 0.466 e. The van der Waals surface area contributed by atoms with Gasteiger partial charge in [0.15, 0.2) is 0 Å². The molecule has 6 aromatic carbocycles. The first-order valence-electron chi connectivity index (χ1n) is 16.4. The molecule has 4 nitrogen and oxygen atoms in total. The van der Waals surface area contributed by atoms with Gasteiger partial charge in [0.2, 0.25) is 0 Å². The van der Waals surface area contributed by atoms with Gasteiger partial charge in [-0.05, 0) is 83.6 Å². The Morgan fingerprint density at radius 2 is 0.957 bits per heavy atom. The van der Waals surface area contributed by atoms with E-state index in [2.05, 4.69) is 150 Å². The number of aromatic nitrogens is 2. The maximum atomic E-state index is 11.7. The molecular formula is C43H34N2O2. The van der Waals surface area contributed by atoms with E-state index in [1.807, 2.05) is 0 Å². The van der Waals surface area contributed by atoms with E-state index in [0.29, 0.717) is 6.61 Å². The highest BCUT2D eigenvalue weighted by Crippen LogP contribution is 2.53. The van der Waals surface area contributed by atoms with Crippen LogP contribution in [0.4, 0.5) is 0 Å². The normalized spacial score (nSPS) is 13.4. The highest BCUT2D eigenvalue weighted by molar-refractivity contribution is 6.10. The Kier molecular flexibility index (Phi) is 6.16. The fourth-order valence-electron chi connectivity index (χ4n) is 8.18. The lowest BCUT2D eigenvalue weighted by atomic mass is 9.76. The maximum Gasteiger partial charge on any atom is 0.302 e. The van der Waals surface area contributed by atoms with Crippen LogP contribution in [-0.2, 0) is 14.9 Å². The van der Waals surface area contributed by atoms with E-state index in [1.54, 1.807) is 0 Å². The molecule has 0 N–H and O–H groups in total. The summed E-state index contributed by atoms with van der Waals surface area (Å²) in [4.78, 5) is 11.7. The molecule has 0 saturated carbocycles. The summed E-state index contributed by atoms with van der Waals surface area (Å²) in [6.07, 6.45) is 1.63. The second-order valence-electron chi connectivity index (χ2n) is 13.0. The molecule has 0 fully saturated rings. The van der Waals surface area contributed by atoms with Crippen LogP contribution in [-0.4, -0.2) is 21.7 Å². The van der Waals surface area contributed by atoms with E-state index < -0.39 is 0 Å². The molecule has 1 aliphatic rings.